The van der Waals surface area contributed by atoms with E-state index < -0.39 is 11.9 Å². The summed E-state index contributed by atoms with van der Waals surface area (Å²) in [5.74, 6) is 0.239. The standard InChI is InChI=1S/C6H16N3OPS2/c1-3-6(2,4-12)5(10)9-11(7,8)13/h12H,3-4H2,1-2H3,(H5,7,8,9,10,13). The van der Waals surface area contributed by atoms with Crippen molar-refractivity contribution in [3.8, 4) is 0 Å². The van der Waals surface area contributed by atoms with E-state index >= 15 is 0 Å². The molecule has 0 bridgehead atoms. The Hall–Kier alpha value is 0.390. The Morgan fingerprint density at radius 2 is 2.15 bits per heavy atom. The molecule has 0 aromatic heterocycles. The molecule has 0 rings (SSSR count). The molecule has 0 aliphatic carbocycles. The number of carbonyl (C=O) groups excluding carboxylic acids is 1. The summed E-state index contributed by atoms with van der Waals surface area (Å²) in [4.78, 5) is 11.6. The lowest BCUT2D eigenvalue weighted by atomic mass is 9.89. The van der Waals surface area contributed by atoms with E-state index in [4.69, 9.17) is 22.8 Å². The summed E-state index contributed by atoms with van der Waals surface area (Å²) in [5, 5.41) is 2.46. The van der Waals surface area contributed by atoms with Crippen molar-refractivity contribution in [3.05, 3.63) is 0 Å². The van der Waals surface area contributed by atoms with Crippen molar-refractivity contribution in [2.75, 3.05) is 5.75 Å². The summed E-state index contributed by atoms with van der Waals surface area (Å²) < 4.78 is 0. The summed E-state index contributed by atoms with van der Waals surface area (Å²) in [7, 11) is 0. The van der Waals surface area contributed by atoms with Gasteiger partial charge in [0.05, 0.1) is 5.41 Å². The highest BCUT2D eigenvalue weighted by Crippen LogP contribution is 2.27. The third-order valence-corrected chi connectivity index (χ3v) is 3.48. The molecule has 78 valence electrons. The van der Waals surface area contributed by atoms with Gasteiger partial charge >= 0.3 is 0 Å². The van der Waals surface area contributed by atoms with E-state index in [2.05, 4.69) is 17.7 Å². The van der Waals surface area contributed by atoms with Gasteiger partial charge in [-0.2, -0.15) is 12.6 Å². The molecule has 0 aliphatic heterocycles. The molecule has 0 heterocycles. The predicted octanol–water partition coefficient (Wildman–Crippen LogP) is 0.591. The maximum absolute atomic E-state index is 11.6. The molecule has 4 nitrogen and oxygen atoms in total. The van der Waals surface area contributed by atoms with Crippen molar-refractivity contribution in [1.82, 2.24) is 5.09 Å². The van der Waals surface area contributed by atoms with Crippen LogP contribution in [0, 0.1) is 5.41 Å². The molecule has 0 saturated heterocycles. The van der Waals surface area contributed by atoms with Crippen LogP contribution in [0.1, 0.15) is 20.3 Å². The average Bonchev–Trinajstić information content (AvgIpc) is 2.00. The molecule has 1 unspecified atom stereocenters. The SMILES string of the molecule is CCC(C)(CS)C(=O)NP(N)(N)=S. The minimum Gasteiger partial charge on any atom is -0.305 e. The van der Waals surface area contributed by atoms with Gasteiger partial charge in [-0.25, -0.2) is 0 Å². The molecule has 1 atom stereocenters. The van der Waals surface area contributed by atoms with Gasteiger partial charge in [0.25, 0.3) is 0 Å². The lowest BCUT2D eigenvalue weighted by Gasteiger charge is -2.26. The highest BCUT2D eigenvalue weighted by atomic mass is 32.4. The Kier molecular flexibility index (Phi) is 4.90. The third kappa shape index (κ3) is 4.42. The molecule has 0 saturated carbocycles. The minimum absolute atomic E-state index is 0.210. The summed E-state index contributed by atoms with van der Waals surface area (Å²) in [6.07, 6.45) is 0.678. The van der Waals surface area contributed by atoms with Crippen molar-refractivity contribution in [2.45, 2.75) is 20.3 Å². The summed E-state index contributed by atoms with van der Waals surface area (Å²) >= 11 is 8.84. The third-order valence-electron chi connectivity index (χ3n) is 1.95. The molecule has 7 heteroatoms. The monoisotopic (exact) mass is 241 g/mol. The molecule has 0 aliphatic rings. The zero-order valence-corrected chi connectivity index (χ0v) is 10.4. The van der Waals surface area contributed by atoms with Crippen LogP contribution in [0.4, 0.5) is 0 Å². The Balaban J connectivity index is 4.50. The molecular formula is C6H16N3OPS2. The number of hydrogen-bond acceptors (Lipinski definition) is 3. The van der Waals surface area contributed by atoms with E-state index in [0.717, 1.165) is 0 Å². The maximum Gasteiger partial charge on any atom is 0.232 e. The summed E-state index contributed by atoms with van der Waals surface area (Å²) in [6, 6.07) is 0. The zero-order valence-electron chi connectivity index (χ0n) is 7.78. The molecule has 13 heavy (non-hydrogen) atoms. The number of nitrogens with two attached hydrogens (primary N) is 2. The zero-order chi connectivity index (χ0) is 10.7. The van der Waals surface area contributed by atoms with Gasteiger partial charge in [-0.3, -0.25) is 15.8 Å². The fourth-order valence-corrected chi connectivity index (χ4v) is 1.84. The van der Waals surface area contributed by atoms with Gasteiger partial charge in [0.15, 0.2) is 6.49 Å². The Labute approximate surface area is 89.4 Å². The Bertz CT molecular complexity index is 236. The topological polar surface area (TPSA) is 81.1 Å². The fraction of sp³-hybridized carbons (Fsp3) is 0.833. The molecular weight excluding hydrogens is 225 g/mol. The number of amides is 1. The van der Waals surface area contributed by atoms with Crippen LogP contribution in [0.15, 0.2) is 0 Å². The molecule has 5 N–H and O–H groups in total. The molecule has 1 amide bonds. The van der Waals surface area contributed by atoms with Crippen LogP contribution < -0.4 is 16.1 Å². The van der Waals surface area contributed by atoms with Crippen molar-refractivity contribution in [1.29, 1.82) is 0 Å². The van der Waals surface area contributed by atoms with Gasteiger partial charge in [-0.1, -0.05) is 6.92 Å². The van der Waals surface area contributed by atoms with Gasteiger partial charge in [-0.05, 0) is 25.2 Å². The highest BCUT2D eigenvalue weighted by molar-refractivity contribution is 8.11. The fourth-order valence-electron chi connectivity index (χ4n) is 0.638. The van der Waals surface area contributed by atoms with E-state index in [-0.39, 0.29) is 5.91 Å². The van der Waals surface area contributed by atoms with Gasteiger partial charge in [0.2, 0.25) is 5.91 Å². The van der Waals surface area contributed by atoms with Crippen LogP contribution in [0.5, 0.6) is 0 Å². The molecule has 0 spiro atoms. The smallest absolute Gasteiger partial charge is 0.232 e. The maximum atomic E-state index is 11.6. The van der Waals surface area contributed by atoms with Crippen LogP contribution in [0.25, 0.3) is 0 Å². The number of thiol groups is 1. The van der Waals surface area contributed by atoms with Crippen LogP contribution in [-0.4, -0.2) is 11.7 Å². The van der Waals surface area contributed by atoms with E-state index in [0.29, 0.717) is 12.2 Å². The first-order chi connectivity index (χ1) is 5.75. The number of nitrogens with one attached hydrogen (secondary N) is 1. The van der Waals surface area contributed by atoms with Crippen LogP contribution in [-0.2, 0) is 16.6 Å². The second-order valence-electron chi connectivity index (χ2n) is 3.22. The lowest BCUT2D eigenvalue weighted by molar-refractivity contribution is -0.127. The second-order valence-corrected chi connectivity index (χ2v) is 6.99. The van der Waals surface area contributed by atoms with Gasteiger partial charge in [0, 0.05) is 5.75 Å². The Morgan fingerprint density at radius 1 is 1.69 bits per heavy atom. The normalized spacial score (nSPS) is 16.4. The van der Waals surface area contributed by atoms with Crippen molar-refractivity contribution in [3.63, 3.8) is 0 Å². The predicted molar refractivity (Wildman–Crippen MR) is 63.1 cm³/mol. The minimum atomic E-state index is -2.64. The highest BCUT2D eigenvalue weighted by Gasteiger charge is 2.31. The largest absolute Gasteiger partial charge is 0.305 e. The van der Waals surface area contributed by atoms with Crippen LogP contribution in [0.2, 0.25) is 0 Å². The molecule has 0 radical (unpaired) electrons. The first-order valence-electron chi connectivity index (χ1n) is 3.86. The van der Waals surface area contributed by atoms with Crippen LogP contribution in [0.3, 0.4) is 0 Å². The van der Waals surface area contributed by atoms with E-state index in [1.165, 1.54) is 0 Å². The number of rotatable bonds is 4. The first-order valence-corrected chi connectivity index (χ1v) is 7.43. The summed E-state index contributed by atoms with van der Waals surface area (Å²) in [5.41, 5.74) is 10.2. The first kappa shape index (κ1) is 13.4. The second kappa shape index (κ2) is 4.75. The number of carbonyl (C=O) groups is 1. The van der Waals surface area contributed by atoms with E-state index in [1.807, 2.05) is 6.92 Å². The summed E-state index contributed by atoms with van der Waals surface area (Å²) in [6.45, 7) is 1.07. The van der Waals surface area contributed by atoms with Crippen molar-refractivity contribution >= 4 is 36.8 Å². The van der Waals surface area contributed by atoms with E-state index in [1.54, 1.807) is 6.92 Å². The average molecular weight is 241 g/mol. The van der Waals surface area contributed by atoms with Crippen molar-refractivity contribution in [2.24, 2.45) is 16.4 Å². The number of hydrogen-bond donors (Lipinski definition) is 4. The van der Waals surface area contributed by atoms with Gasteiger partial charge < -0.3 is 5.09 Å². The molecule has 0 aromatic rings. The molecule has 0 aromatic carbocycles. The lowest BCUT2D eigenvalue weighted by Crippen LogP contribution is -2.41. The van der Waals surface area contributed by atoms with Crippen molar-refractivity contribution < 1.29 is 4.79 Å². The van der Waals surface area contributed by atoms with Crippen LogP contribution >= 0.6 is 19.1 Å². The van der Waals surface area contributed by atoms with Gasteiger partial charge in [-0.15, -0.1) is 0 Å². The quantitative estimate of drug-likeness (QED) is 0.429. The van der Waals surface area contributed by atoms with Gasteiger partial charge in [0.1, 0.15) is 0 Å². The molecule has 0 fully saturated rings. The van der Waals surface area contributed by atoms with E-state index in [9.17, 15) is 4.79 Å². The Morgan fingerprint density at radius 3 is 2.38 bits per heavy atom.